The van der Waals surface area contributed by atoms with Crippen LogP contribution < -0.4 is 20.5 Å². The number of alkyl halides is 2. The quantitative estimate of drug-likeness (QED) is 0.845. The van der Waals surface area contributed by atoms with E-state index in [0.717, 1.165) is 25.7 Å². The van der Waals surface area contributed by atoms with Crippen molar-refractivity contribution in [3.05, 3.63) is 23.8 Å². The number of halogens is 2. The molecule has 0 saturated heterocycles. The number of ether oxygens (including phenoxy) is 2. The zero-order valence-electron chi connectivity index (χ0n) is 12.4. The van der Waals surface area contributed by atoms with Crippen LogP contribution >= 0.6 is 0 Å². The first-order valence-electron chi connectivity index (χ1n) is 7.15. The van der Waals surface area contributed by atoms with Gasteiger partial charge in [0.2, 0.25) is 0 Å². The predicted octanol–water partition coefficient (Wildman–Crippen LogP) is 2.30. The molecule has 0 bridgehead atoms. The summed E-state index contributed by atoms with van der Waals surface area (Å²) < 4.78 is 34.2. The van der Waals surface area contributed by atoms with E-state index >= 15 is 0 Å². The van der Waals surface area contributed by atoms with Crippen LogP contribution in [0.25, 0.3) is 0 Å². The summed E-state index contributed by atoms with van der Waals surface area (Å²) in [4.78, 5) is 12.4. The minimum absolute atomic E-state index is 0.145. The molecule has 1 aliphatic carbocycles. The molecule has 0 atom stereocenters. The van der Waals surface area contributed by atoms with E-state index in [-0.39, 0.29) is 23.0 Å². The molecule has 0 spiro atoms. The highest BCUT2D eigenvalue weighted by Crippen LogP contribution is 2.31. The number of hydrogen-bond acceptors (Lipinski definition) is 4. The third-order valence-electron chi connectivity index (χ3n) is 3.97. The molecular weight excluding hydrogens is 294 g/mol. The zero-order chi connectivity index (χ0) is 16.2. The molecule has 0 aliphatic heterocycles. The van der Waals surface area contributed by atoms with Crippen molar-refractivity contribution in [2.24, 2.45) is 5.73 Å². The van der Waals surface area contributed by atoms with Gasteiger partial charge in [-0.15, -0.1) is 0 Å². The normalized spacial score (nSPS) is 16.6. The molecule has 1 aromatic carbocycles. The Balaban J connectivity index is 2.18. The van der Waals surface area contributed by atoms with Crippen molar-refractivity contribution in [2.45, 2.75) is 37.8 Å². The van der Waals surface area contributed by atoms with Gasteiger partial charge >= 0.3 is 6.61 Å². The molecule has 1 saturated carbocycles. The Morgan fingerprint density at radius 2 is 2.05 bits per heavy atom. The number of carbonyl (C=O) groups is 1. The second-order valence-corrected chi connectivity index (χ2v) is 5.39. The lowest BCUT2D eigenvalue weighted by Gasteiger charge is -2.28. The summed E-state index contributed by atoms with van der Waals surface area (Å²) >= 11 is 0. The van der Waals surface area contributed by atoms with Gasteiger partial charge in [-0.05, 0) is 31.0 Å². The van der Waals surface area contributed by atoms with E-state index in [2.05, 4.69) is 10.1 Å². The number of hydrogen-bond donors (Lipinski definition) is 2. The van der Waals surface area contributed by atoms with Gasteiger partial charge < -0.3 is 20.5 Å². The average molecular weight is 314 g/mol. The van der Waals surface area contributed by atoms with E-state index in [1.54, 1.807) is 0 Å². The Bertz CT molecular complexity index is 532. The fourth-order valence-electron chi connectivity index (χ4n) is 2.75. The van der Waals surface area contributed by atoms with Crippen molar-refractivity contribution in [3.8, 4) is 11.5 Å². The first kappa shape index (κ1) is 16.5. The van der Waals surface area contributed by atoms with E-state index in [0.29, 0.717) is 6.54 Å². The lowest BCUT2D eigenvalue weighted by molar-refractivity contribution is -0.0512. The highest BCUT2D eigenvalue weighted by Gasteiger charge is 2.34. The van der Waals surface area contributed by atoms with Crippen LogP contribution in [-0.2, 0) is 0 Å². The van der Waals surface area contributed by atoms with Gasteiger partial charge in [-0.3, -0.25) is 4.79 Å². The van der Waals surface area contributed by atoms with Crippen LogP contribution in [0.4, 0.5) is 8.78 Å². The molecule has 0 radical (unpaired) electrons. The number of rotatable bonds is 6. The van der Waals surface area contributed by atoms with Gasteiger partial charge in [0, 0.05) is 12.1 Å². The molecule has 0 unspecified atom stereocenters. The molecule has 1 amide bonds. The number of methoxy groups -OCH3 is 1. The molecule has 7 heteroatoms. The van der Waals surface area contributed by atoms with Gasteiger partial charge in [0.15, 0.2) is 11.5 Å². The van der Waals surface area contributed by atoms with Gasteiger partial charge in [-0.2, -0.15) is 8.78 Å². The Kier molecular flexibility index (Phi) is 5.18. The molecule has 5 nitrogen and oxygen atoms in total. The Morgan fingerprint density at radius 3 is 2.59 bits per heavy atom. The molecule has 1 aromatic rings. The minimum atomic E-state index is -2.99. The van der Waals surface area contributed by atoms with Crippen LogP contribution in [0.3, 0.4) is 0 Å². The van der Waals surface area contributed by atoms with Crippen molar-refractivity contribution in [1.29, 1.82) is 0 Å². The predicted molar refractivity (Wildman–Crippen MR) is 77.3 cm³/mol. The molecule has 22 heavy (non-hydrogen) atoms. The molecule has 122 valence electrons. The van der Waals surface area contributed by atoms with E-state index in [1.165, 1.54) is 25.3 Å². The molecule has 1 fully saturated rings. The van der Waals surface area contributed by atoms with Gasteiger partial charge in [0.25, 0.3) is 5.91 Å². The maximum atomic E-state index is 12.4. The van der Waals surface area contributed by atoms with Gasteiger partial charge in [-0.25, -0.2) is 0 Å². The second kappa shape index (κ2) is 6.91. The maximum absolute atomic E-state index is 12.4. The average Bonchev–Trinajstić information content (AvgIpc) is 2.95. The van der Waals surface area contributed by atoms with Crippen LogP contribution in [0.1, 0.15) is 36.0 Å². The van der Waals surface area contributed by atoms with E-state index in [9.17, 15) is 13.6 Å². The fraction of sp³-hybridized carbons (Fsp3) is 0.533. The van der Waals surface area contributed by atoms with E-state index < -0.39 is 12.2 Å². The molecular formula is C15H20F2N2O3. The van der Waals surface area contributed by atoms with Crippen molar-refractivity contribution in [1.82, 2.24) is 5.32 Å². The number of nitrogens with one attached hydrogen (secondary N) is 1. The van der Waals surface area contributed by atoms with Gasteiger partial charge in [0.05, 0.1) is 12.6 Å². The van der Waals surface area contributed by atoms with Crippen molar-refractivity contribution >= 4 is 5.91 Å². The molecule has 0 heterocycles. The summed E-state index contributed by atoms with van der Waals surface area (Å²) in [7, 11) is 1.34. The van der Waals surface area contributed by atoms with Crippen LogP contribution in [0.5, 0.6) is 11.5 Å². The summed E-state index contributed by atoms with van der Waals surface area (Å²) in [6, 6.07) is 4.18. The lowest BCUT2D eigenvalue weighted by atomic mass is 9.97. The number of carbonyl (C=O) groups excluding carboxylic acids is 1. The third kappa shape index (κ3) is 3.65. The summed E-state index contributed by atoms with van der Waals surface area (Å²) in [5, 5.41) is 2.93. The Morgan fingerprint density at radius 1 is 1.36 bits per heavy atom. The third-order valence-corrected chi connectivity index (χ3v) is 3.97. The largest absolute Gasteiger partial charge is 0.493 e. The number of nitrogens with two attached hydrogens (primary N) is 1. The van der Waals surface area contributed by atoms with Crippen LogP contribution in [0, 0.1) is 0 Å². The summed E-state index contributed by atoms with van der Waals surface area (Å²) in [5.41, 5.74) is 5.61. The van der Waals surface area contributed by atoms with Crippen LogP contribution in [0.15, 0.2) is 18.2 Å². The summed E-state index contributed by atoms with van der Waals surface area (Å²) in [6.45, 7) is -2.63. The maximum Gasteiger partial charge on any atom is 0.387 e. The van der Waals surface area contributed by atoms with Crippen molar-refractivity contribution in [2.75, 3.05) is 13.7 Å². The molecule has 2 rings (SSSR count). The summed E-state index contributed by atoms with van der Waals surface area (Å²) in [5.74, 6) is -0.376. The zero-order valence-corrected chi connectivity index (χ0v) is 12.4. The van der Waals surface area contributed by atoms with Gasteiger partial charge in [-0.1, -0.05) is 12.8 Å². The Labute approximate surface area is 127 Å². The van der Waals surface area contributed by atoms with Crippen molar-refractivity contribution in [3.63, 3.8) is 0 Å². The standard InChI is InChI=1S/C15H20F2N2O3/c1-21-11-5-4-10(8-12(11)22-14(16)17)13(20)19-15(9-18)6-2-3-7-15/h4-5,8,14H,2-3,6-7,9,18H2,1H3,(H,19,20). The smallest absolute Gasteiger partial charge is 0.387 e. The SMILES string of the molecule is COc1ccc(C(=O)NC2(CN)CCCC2)cc1OC(F)F. The first-order chi connectivity index (χ1) is 10.5. The summed E-state index contributed by atoms with van der Waals surface area (Å²) in [6.07, 6.45) is 3.68. The Hall–Kier alpha value is -1.89. The van der Waals surface area contributed by atoms with Gasteiger partial charge in [0.1, 0.15) is 0 Å². The minimum Gasteiger partial charge on any atom is -0.493 e. The molecule has 3 N–H and O–H groups in total. The molecule has 0 aromatic heterocycles. The van der Waals surface area contributed by atoms with Crippen LogP contribution in [-0.4, -0.2) is 31.7 Å². The number of benzene rings is 1. The van der Waals surface area contributed by atoms with Crippen molar-refractivity contribution < 1.29 is 23.0 Å². The van der Waals surface area contributed by atoms with E-state index in [1.807, 2.05) is 0 Å². The lowest BCUT2D eigenvalue weighted by Crippen LogP contribution is -2.51. The highest BCUT2D eigenvalue weighted by atomic mass is 19.3. The fourth-order valence-corrected chi connectivity index (χ4v) is 2.75. The number of amides is 1. The second-order valence-electron chi connectivity index (χ2n) is 5.39. The van der Waals surface area contributed by atoms with Crippen LogP contribution in [0.2, 0.25) is 0 Å². The molecule has 1 aliphatic rings. The highest BCUT2D eigenvalue weighted by molar-refractivity contribution is 5.95. The first-order valence-corrected chi connectivity index (χ1v) is 7.15. The monoisotopic (exact) mass is 314 g/mol. The topological polar surface area (TPSA) is 73.6 Å². The van der Waals surface area contributed by atoms with E-state index in [4.69, 9.17) is 10.5 Å².